The normalized spacial score (nSPS) is 10.8. The Morgan fingerprint density at radius 2 is 1.81 bits per heavy atom. The number of benzene rings is 2. The van der Waals surface area contributed by atoms with Gasteiger partial charge in [0.05, 0.1) is 21.7 Å². The van der Waals surface area contributed by atoms with Gasteiger partial charge in [-0.15, -0.1) is 11.3 Å². The standard InChI is InChI=1S/C22H18N2OS/c1-14-11-15(2)21-17(12-14)18(13-19(24-21)20-9-6-10-26-20)22(25)23-16-7-4-3-5-8-16/h3-13H,1-2H3,(H,23,25). The number of anilines is 1. The molecule has 0 saturated carbocycles. The van der Waals surface area contributed by atoms with Gasteiger partial charge in [-0.2, -0.15) is 0 Å². The molecule has 0 unspecified atom stereocenters. The summed E-state index contributed by atoms with van der Waals surface area (Å²) in [5.74, 6) is -0.119. The minimum Gasteiger partial charge on any atom is -0.322 e. The molecule has 4 aromatic rings. The van der Waals surface area contributed by atoms with Gasteiger partial charge in [-0.3, -0.25) is 4.79 Å². The van der Waals surface area contributed by atoms with Crippen molar-refractivity contribution in [3.05, 3.63) is 82.7 Å². The van der Waals surface area contributed by atoms with E-state index in [-0.39, 0.29) is 5.91 Å². The summed E-state index contributed by atoms with van der Waals surface area (Å²) in [6.07, 6.45) is 0. The fraction of sp³-hybridized carbons (Fsp3) is 0.0909. The fourth-order valence-corrected chi connectivity index (χ4v) is 3.83. The van der Waals surface area contributed by atoms with E-state index in [4.69, 9.17) is 4.98 Å². The number of thiophene rings is 1. The maximum Gasteiger partial charge on any atom is 0.256 e. The molecule has 4 heteroatoms. The molecule has 3 nitrogen and oxygen atoms in total. The molecular formula is C22H18N2OS. The summed E-state index contributed by atoms with van der Waals surface area (Å²) in [7, 11) is 0. The van der Waals surface area contributed by atoms with Crippen molar-refractivity contribution >= 4 is 33.8 Å². The van der Waals surface area contributed by atoms with Crippen molar-refractivity contribution in [2.75, 3.05) is 5.32 Å². The molecule has 2 aromatic heterocycles. The van der Waals surface area contributed by atoms with Crippen LogP contribution in [0.1, 0.15) is 21.5 Å². The number of fused-ring (bicyclic) bond motifs is 1. The highest BCUT2D eigenvalue weighted by molar-refractivity contribution is 7.13. The Balaban J connectivity index is 1.89. The van der Waals surface area contributed by atoms with Gasteiger partial charge in [0.1, 0.15) is 0 Å². The van der Waals surface area contributed by atoms with Gasteiger partial charge in [-0.1, -0.05) is 35.9 Å². The third-order valence-corrected chi connectivity index (χ3v) is 5.19. The molecule has 4 rings (SSSR count). The van der Waals surface area contributed by atoms with Gasteiger partial charge in [0.25, 0.3) is 5.91 Å². The number of rotatable bonds is 3. The van der Waals surface area contributed by atoms with Crippen molar-refractivity contribution in [2.45, 2.75) is 13.8 Å². The number of nitrogens with zero attached hydrogens (tertiary/aromatic N) is 1. The smallest absolute Gasteiger partial charge is 0.256 e. The highest BCUT2D eigenvalue weighted by atomic mass is 32.1. The van der Waals surface area contributed by atoms with E-state index in [1.54, 1.807) is 11.3 Å². The van der Waals surface area contributed by atoms with E-state index in [0.717, 1.165) is 38.3 Å². The zero-order valence-electron chi connectivity index (χ0n) is 14.6. The highest BCUT2D eigenvalue weighted by Crippen LogP contribution is 2.30. The van der Waals surface area contributed by atoms with E-state index >= 15 is 0 Å². The summed E-state index contributed by atoms with van der Waals surface area (Å²) in [6.45, 7) is 4.08. The molecule has 26 heavy (non-hydrogen) atoms. The molecule has 128 valence electrons. The first-order chi connectivity index (χ1) is 12.6. The second-order valence-electron chi connectivity index (χ2n) is 6.33. The minimum atomic E-state index is -0.119. The van der Waals surface area contributed by atoms with Crippen LogP contribution in [0.4, 0.5) is 5.69 Å². The molecule has 0 aliphatic heterocycles. The topological polar surface area (TPSA) is 42.0 Å². The molecule has 0 fully saturated rings. The number of hydrogen-bond donors (Lipinski definition) is 1. The summed E-state index contributed by atoms with van der Waals surface area (Å²) in [6, 6.07) is 19.6. The zero-order valence-corrected chi connectivity index (χ0v) is 15.4. The molecule has 0 radical (unpaired) electrons. The first-order valence-electron chi connectivity index (χ1n) is 8.44. The average molecular weight is 358 g/mol. The Morgan fingerprint density at radius 3 is 2.54 bits per heavy atom. The van der Waals surface area contributed by atoms with Crippen LogP contribution in [0.2, 0.25) is 0 Å². The minimum absolute atomic E-state index is 0.119. The van der Waals surface area contributed by atoms with Crippen LogP contribution in [0, 0.1) is 13.8 Å². The lowest BCUT2D eigenvalue weighted by molar-refractivity contribution is 0.102. The van der Waals surface area contributed by atoms with Gasteiger partial charge >= 0.3 is 0 Å². The molecule has 2 heterocycles. The van der Waals surface area contributed by atoms with Crippen molar-refractivity contribution < 1.29 is 4.79 Å². The Morgan fingerprint density at radius 1 is 1.00 bits per heavy atom. The molecule has 2 aromatic carbocycles. The molecule has 0 atom stereocenters. The van der Waals surface area contributed by atoms with Crippen LogP contribution in [-0.4, -0.2) is 10.9 Å². The quantitative estimate of drug-likeness (QED) is 0.500. The third-order valence-electron chi connectivity index (χ3n) is 4.30. The summed E-state index contributed by atoms with van der Waals surface area (Å²) >= 11 is 1.62. The van der Waals surface area contributed by atoms with Crippen LogP contribution in [-0.2, 0) is 0 Å². The van der Waals surface area contributed by atoms with Crippen molar-refractivity contribution in [3.63, 3.8) is 0 Å². The number of amides is 1. The Bertz CT molecular complexity index is 1090. The van der Waals surface area contributed by atoms with Crippen molar-refractivity contribution in [1.29, 1.82) is 0 Å². The maximum absolute atomic E-state index is 13.0. The number of para-hydroxylation sites is 1. The van der Waals surface area contributed by atoms with E-state index in [2.05, 4.69) is 11.4 Å². The predicted octanol–water partition coefficient (Wildman–Crippen LogP) is 5.83. The fourth-order valence-electron chi connectivity index (χ4n) is 3.14. The van der Waals surface area contributed by atoms with Crippen molar-refractivity contribution in [2.24, 2.45) is 0 Å². The van der Waals surface area contributed by atoms with E-state index in [1.807, 2.05) is 73.8 Å². The lowest BCUT2D eigenvalue weighted by Gasteiger charge is -2.12. The molecule has 0 bridgehead atoms. The Labute approximate surface area is 156 Å². The number of hydrogen-bond acceptors (Lipinski definition) is 3. The van der Waals surface area contributed by atoms with Gasteiger partial charge in [-0.25, -0.2) is 4.98 Å². The van der Waals surface area contributed by atoms with Crippen molar-refractivity contribution in [3.8, 4) is 10.6 Å². The average Bonchev–Trinajstić information content (AvgIpc) is 3.16. The number of aryl methyl sites for hydroxylation is 2. The summed E-state index contributed by atoms with van der Waals surface area (Å²) in [4.78, 5) is 18.9. The van der Waals surface area contributed by atoms with E-state index in [1.165, 1.54) is 0 Å². The molecule has 0 spiro atoms. The van der Waals surface area contributed by atoms with Crippen LogP contribution in [0.3, 0.4) is 0 Å². The summed E-state index contributed by atoms with van der Waals surface area (Å²) < 4.78 is 0. The monoisotopic (exact) mass is 358 g/mol. The molecule has 1 amide bonds. The summed E-state index contributed by atoms with van der Waals surface area (Å²) in [5, 5.41) is 5.90. The van der Waals surface area contributed by atoms with Gasteiger partial charge in [0.15, 0.2) is 0 Å². The number of carbonyl (C=O) groups excluding carboxylic acids is 1. The number of aromatic nitrogens is 1. The molecule has 0 aliphatic carbocycles. The van der Waals surface area contributed by atoms with Crippen LogP contribution in [0.25, 0.3) is 21.5 Å². The van der Waals surface area contributed by atoms with Crippen LogP contribution in [0.5, 0.6) is 0 Å². The second-order valence-corrected chi connectivity index (χ2v) is 7.28. The van der Waals surface area contributed by atoms with Crippen LogP contribution >= 0.6 is 11.3 Å². The Kier molecular flexibility index (Phi) is 4.27. The lowest BCUT2D eigenvalue weighted by atomic mass is 10.0. The third kappa shape index (κ3) is 3.11. The lowest BCUT2D eigenvalue weighted by Crippen LogP contribution is -2.13. The second kappa shape index (κ2) is 6.73. The summed E-state index contributed by atoms with van der Waals surface area (Å²) in [5.41, 5.74) is 5.33. The molecule has 0 aliphatic rings. The van der Waals surface area contributed by atoms with Crippen molar-refractivity contribution in [1.82, 2.24) is 4.98 Å². The van der Waals surface area contributed by atoms with Gasteiger partial charge in [-0.05, 0) is 55.1 Å². The van der Waals surface area contributed by atoms with E-state index in [9.17, 15) is 4.79 Å². The van der Waals surface area contributed by atoms with Gasteiger partial charge in [0, 0.05) is 11.1 Å². The van der Waals surface area contributed by atoms with E-state index < -0.39 is 0 Å². The Hall–Kier alpha value is -2.98. The van der Waals surface area contributed by atoms with Crippen LogP contribution < -0.4 is 5.32 Å². The van der Waals surface area contributed by atoms with Crippen LogP contribution in [0.15, 0.2) is 66.0 Å². The van der Waals surface area contributed by atoms with Gasteiger partial charge < -0.3 is 5.32 Å². The molecule has 0 saturated heterocycles. The molecular weight excluding hydrogens is 340 g/mol. The SMILES string of the molecule is Cc1cc(C)c2nc(-c3cccs3)cc(C(=O)Nc3ccccc3)c2c1. The first kappa shape index (κ1) is 16.5. The van der Waals surface area contributed by atoms with Gasteiger partial charge in [0.2, 0.25) is 0 Å². The predicted molar refractivity (Wildman–Crippen MR) is 109 cm³/mol. The number of nitrogens with one attached hydrogen (secondary N) is 1. The molecule has 1 N–H and O–H groups in total. The first-order valence-corrected chi connectivity index (χ1v) is 9.32. The number of pyridine rings is 1. The zero-order chi connectivity index (χ0) is 18.1. The maximum atomic E-state index is 13.0. The highest BCUT2D eigenvalue weighted by Gasteiger charge is 2.16. The number of carbonyl (C=O) groups is 1. The van der Waals surface area contributed by atoms with E-state index in [0.29, 0.717) is 5.56 Å². The largest absolute Gasteiger partial charge is 0.322 e.